The number of aliphatic hydroxyl groups is 1. The second kappa shape index (κ2) is 11.6. The summed E-state index contributed by atoms with van der Waals surface area (Å²) in [5.74, 6) is 0.624. The molecule has 0 spiro atoms. The molecule has 4 heteroatoms. The highest BCUT2D eigenvalue weighted by Crippen LogP contribution is 2.29. The first-order valence-electron chi connectivity index (χ1n) is 11.8. The molecule has 0 amide bonds. The van der Waals surface area contributed by atoms with Crippen molar-refractivity contribution in [2.75, 3.05) is 20.6 Å². The first-order valence-corrected chi connectivity index (χ1v) is 11.8. The average Bonchev–Trinajstić information content (AvgIpc) is 2.73. The van der Waals surface area contributed by atoms with Crippen LogP contribution in [0.1, 0.15) is 63.6 Å². The van der Waals surface area contributed by atoms with Crippen LogP contribution in [-0.2, 0) is 17.6 Å². The lowest BCUT2D eigenvalue weighted by molar-refractivity contribution is -0.135. The van der Waals surface area contributed by atoms with E-state index in [2.05, 4.69) is 37.8 Å². The molecule has 3 atom stereocenters. The molecule has 0 aliphatic rings. The van der Waals surface area contributed by atoms with Gasteiger partial charge in [-0.1, -0.05) is 64.1 Å². The predicted molar refractivity (Wildman–Crippen MR) is 132 cm³/mol. The van der Waals surface area contributed by atoms with E-state index in [-0.39, 0.29) is 17.8 Å². The standard InChI is InChI=1S/C28H41NO3/c1-8-28(31,21(4)19-29(6)7)18-24-10-9-11-26(17-24)32-27(30)22(5)25-14-12-23(13-15-25)16-20(2)3/h9-15,17,20-22,31H,8,16,18-19H2,1-7H3/t21-,22-,28+/m1/s1. The first kappa shape index (κ1) is 26.1. The maximum absolute atomic E-state index is 12.8. The van der Waals surface area contributed by atoms with Gasteiger partial charge in [0.05, 0.1) is 11.5 Å². The SMILES string of the molecule is CC[C@](O)(Cc1cccc(OC(=O)[C@H](C)c2ccc(CC(C)C)cc2)c1)[C@H](C)CN(C)C. The van der Waals surface area contributed by atoms with Crippen LogP contribution in [0.4, 0.5) is 0 Å². The fraction of sp³-hybridized carbons (Fsp3) is 0.536. The van der Waals surface area contributed by atoms with Gasteiger partial charge in [0.15, 0.2) is 0 Å². The van der Waals surface area contributed by atoms with Crippen molar-refractivity contribution in [3.05, 3.63) is 65.2 Å². The summed E-state index contributed by atoms with van der Waals surface area (Å²) in [5.41, 5.74) is 2.40. The topological polar surface area (TPSA) is 49.8 Å². The van der Waals surface area contributed by atoms with Crippen LogP contribution in [0.2, 0.25) is 0 Å². The second-order valence-electron chi connectivity index (χ2n) is 9.93. The van der Waals surface area contributed by atoms with Crippen LogP contribution >= 0.6 is 0 Å². The summed E-state index contributed by atoms with van der Waals surface area (Å²) in [6, 6.07) is 15.8. The number of ether oxygens (including phenoxy) is 1. The molecule has 0 unspecified atom stereocenters. The van der Waals surface area contributed by atoms with Gasteiger partial charge in [0.2, 0.25) is 0 Å². The number of hydrogen-bond donors (Lipinski definition) is 1. The predicted octanol–water partition coefficient (Wildman–Crippen LogP) is 5.48. The van der Waals surface area contributed by atoms with Gasteiger partial charge in [-0.05, 0) is 74.5 Å². The summed E-state index contributed by atoms with van der Waals surface area (Å²) in [6.07, 6.45) is 2.22. The average molecular weight is 440 g/mol. The number of hydrogen-bond acceptors (Lipinski definition) is 4. The van der Waals surface area contributed by atoms with Gasteiger partial charge in [0, 0.05) is 13.0 Å². The van der Waals surface area contributed by atoms with Crippen LogP contribution in [0.25, 0.3) is 0 Å². The molecule has 0 bridgehead atoms. The normalized spacial score (nSPS) is 15.4. The van der Waals surface area contributed by atoms with E-state index in [1.165, 1.54) is 5.56 Å². The van der Waals surface area contributed by atoms with Gasteiger partial charge in [-0.15, -0.1) is 0 Å². The monoisotopic (exact) mass is 439 g/mol. The van der Waals surface area contributed by atoms with Crippen molar-refractivity contribution in [2.24, 2.45) is 11.8 Å². The molecule has 2 aromatic carbocycles. The summed E-state index contributed by atoms with van der Waals surface area (Å²) >= 11 is 0. The van der Waals surface area contributed by atoms with E-state index < -0.39 is 5.60 Å². The zero-order valence-corrected chi connectivity index (χ0v) is 20.9. The number of esters is 1. The van der Waals surface area contributed by atoms with Crippen molar-refractivity contribution in [3.63, 3.8) is 0 Å². The highest BCUT2D eigenvalue weighted by Gasteiger charge is 2.32. The molecule has 0 fully saturated rings. The van der Waals surface area contributed by atoms with E-state index in [1.807, 2.05) is 58.3 Å². The summed E-state index contributed by atoms with van der Waals surface area (Å²) in [6.45, 7) is 11.2. The van der Waals surface area contributed by atoms with Crippen LogP contribution < -0.4 is 4.74 Å². The quantitative estimate of drug-likeness (QED) is 0.372. The summed E-state index contributed by atoms with van der Waals surface area (Å²) in [7, 11) is 4.04. The number of rotatable bonds is 11. The lowest BCUT2D eigenvalue weighted by atomic mass is 9.81. The molecule has 0 aliphatic heterocycles. The Morgan fingerprint density at radius 2 is 1.69 bits per heavy atom. The third-order valence-electron chi connectivity index (χ3n) is 6.27. The Kier molecular flexibility index (Phi) is 9.47. The highest BCUT2D eigenvalue weighted by molar-refractivity contribution is 5.80. The van der Waals surface area contributed by atoms with Crippen LogP contribution in [0.5, 0.6) is 5.75 Å². The van der Waals surface area contributed by atoms with Crippen molar-refractivity contribution >= 4 is 5.97 Å². The first-order chi connectivity index (χ1) is 15.0. The molecule has 2 aromatic rings. The lowest BCUT2D eigenvalue weighted by Gasteiger charge is -2.35. The maximum Gasteiger partial charge on any atom is 0.318 e. The largest absolute Gasteiger partial charge is 0.426 e. The van der Waals surface area contributed by atoms with Crippen molar-refractivity contribution in [2.45, 2.75) is 65.4 Å². The Labute approximate surface area is 194 Å². The van der Waals surface area contributed by atoms with Crippen LogP contribution in [0, 0.1) is 11.8 Å². The Bertz CT molecular complexity index is 859. The van der Waals surface area contributed by atoms with Gasteiger partial charge in [-0.2, -0.15) is 0 Å². The fourth-order valence-electron chi connectivity index (χ4n) is 4.19. The minimum absolute atomic E-state index is 0.118. The van der Waals surface area contributed by atoms with E-state index in [1.54, 1.807) is 6.07 Å². The maximum atomic E-state index is 12.8. The van der Waals surface area contributed by atoms with Crippen molar-refractivity contribution < 1.29 is 14.6 Å². The second-order valence-corrected chi connectivity index (χ2v) is 9.93. The van der Waals surface area contributed by atoms with E-state index in [0.29, 0.717) is 24.5 Å². The molecule has 0 heterocycles. The Balaban J connectivity index is 2.07. The lowest BCUT2D eigenvalue weighted by Crippen LogP contribution is -2.42. The van der Waals surface area contributed by atoms with Gasteiger partial charge in [0.25, 0.3) is 0 Å². The van der Waals surface area contributed by atoms with Gasteiger partial charge in [-0.25, -0.2) is 0 Å². The highest BCUT2D eigenvalue weighted by atomic mass is 16.5. The number of carbonyl (C=O) groups excluding carboxylic acids is 1. The zero-order chi connectivity index (χ0) is 23.9. The van der Waals surface area contributed by atoms with Crippen LogP contribution in [0.15, 0.2) is 48.5 Å². The molecule has 0 aliphatic carbocycles. The van der Waals surface area contributed by atoms with E-state index in [4.69, 9.17) is 4.74 Å². The van der Waals surface area contributed by atoms with Gasteiger partial charge in [0.1, 0.15) is 5.75 Å². The van der Waals surface area contributed by atoms with E-state index in [0.717, 1.165) is 24.1 Å². The van der Waals surface area contributed by atoms with Crippen molar-refractivity contribution in [1.82, 2.24) is 4.90 Å². The van der Waals surface area contributed by atoms with E-state index in [9.17, 15) is 9.90 Å². The van der Waals surface area contributed by atoms with E-state index >= 15 is 0 Å². The smallest absolute Gasteiger partial charge is 0.318 e. The minimum atomic E-state index is -0.808. The number of carbonyl (C=O) groups is 1. The molecule has 32 heavy (non-hydrogen) atoms. The number of benzene rings is 2. The summed E-state index contributed by atoms with van der Waals surface area (Å²) in [5, 5.41) is 11.2. The molecule has 0 saturated heterocycles. The third kappa shape index (κ3) is 7.46. The summed E-state index contributed by atoms with van der Waals surface area (Å²) in [4.78, 5) is 14.9. The zero-order valence-electron chi connectivity index (χ0n) is 20.9. The molecule has 4 nitrogen and oxygen atoms in total. The molecule has 0 saturated carbocycles. The number of nitrogens with zero attached hydrogens (tertiary/aromatic N) is 1. The van der Waals surface area contributed by atoms with Crippen LogP contribution in [-0.4, -0.2) is 42.2 Å². The van der Waals surface area contributed by atoms with Gasteiger partial charge < -0.3 is 14.7 Å². The molecular formula is C28H41NO3. The van der Waals surface area contributed by atoms with Gasteiger partial charge >= 0.3 is 5.97 Å². The molecular weight excluding hydrogens is 398 g/mol. The summed E-state index contributed by atoms with van der Waals surface area (Å²) < 4.78 is 5.71. The Hall–Kier alpha value is -2.17. The molecule has 1 N–H and O–H groups in total. The molecule has 0 aromatic heterocycles. The van der Waals surface area contributed by atoms with Gasteiger partial charge in [-0.3, -0.25) is 4.79 Å². The molecule has 0 radical (unpaired) electrons. The fourth-order valence-corrected chi connectivity index (χ4v) is 4.19. The Morgan fingerprint density at radius 3 is 2.25 bits per heavy atom. The van der Waals surface area contributed by atoms with Crippen molar-refractivity contribution in [3.8, 4) is 5.75 Å². The van der Waals surface area contributed by atoms with Crippen LogP contribution in [0.3, 0.4) is 0 Å². The Morgan fingerprint density at radius 1 is 1.03 bits per heavy atom. The molecule has 176 valence electrons. The van der Waals surface area contributed by atoms with Crippen molar-refractivity contribution in [1.29, 1.82) is 0 Å². The minimum Gasteiger partial charge on any atom is -0.426 e. The third-order valence-corrected chi connectivity index (χ3v) is 6.27. The molecule has 2 rings (SSSR count).